The number of fused-ring (bicyclic) bond motifs is 1. The Morgan fingerprint density at radius 1 is 1.44 bits per heavy atom. The highest BCUT2D eigenvalue weighted by atomic mass is 14.4. The van der Waals surface area contributed by atoms with Gasteiger partial charge in [0, 0.05) is 0 Å². The van der Waals surface area contributed by atoms with Crippen molar-refractivity contribution < 1.29 is 0 Å². The highest BCUT2D eigenvalue weighted by Crippen LogP contribution is 2.45. The Balaban J connectivity index is 2.07. The van der Waals surface area contributed by atoms with Gasteiger partial charge in [-0.25, -0.2) is 0 Å². The summed E-state index contributed by atoms with van der Waals surface area (Å²) in [5.41, 5.74) is 0. The van der Waals surface area contributed by atoms with E-state index in [1.807, 2.05) is 0 Å². The molecule has 0 radical (unpaired) electrons. The smallest absolute Gasteiger partial charge is 0.0179 e. The minimum Gasteiger partial charge on any atom is -0.0882 e. The standard InChI is InChI=1S/C9H14/c1-7-6-8-4-2-3-5-9(7)8/h3,5,7-9H,2,4,6H2,1H3/t7-,8+,9-/m1/s1. The minimum absolute atomic E-state index is 0.971. The Morgan fingerprint density at radius 3 is 2.89 bits per heavy atom. The van der Waals surface area contributed by atoms with Crippen LogP contribution in [0.4, 0.5) is 0 Å². The van der Waals surface area contributed by atoms with Crippen molar-refractivity contribution in [3.63, 3.8) is 0 Å². The summed E-state index contributed by atoms with van der Waals surface area (Å²) in [5.74, 6) is 3.04. The maximum Gasteiger partial charge on any atom is -0.0179 e. The molecule has 0 amide bonds. The number of rotatable bonds is 0. The van der Waals surface area contributed by atoms with Crippen LogP contribution in [-0.2, 0) is 0 Å². The Bertz CT molecular complexity index is 135. The van der Waals surface area contributed by atoms with E-state index in [1.54, 1.807) is 0 Å². The van der Waals surface area contributed by atoms with Crippen LogP contribution >= 0.6 is 0 Å². The van der Waals surface area contributed by atoms with Crippen LogP contribution in [-0.4, -0.2) is 0 Å². The summed E-state index contributed by atoms with van der Waals surface area (Å²) in [6, 6.07) is 0. The maximum absolute atomic E-state index is 2.43. The largest absolute Gasteiger partial charge is 0.0882 e. The van der Waals surface area contributed by atoms with Crippen molar-refractivity contribution in [2.45, 2.75) is 26.2 Å². The van der Waals surface area contributed by atoms with Crippen molar-refractivity contribution in [2.24, 2.45) is 17.8 Å². The van der Waals surface area contributed by atoms with Crippen LogP contribution in [0.15, 0.2) is 12.2 Å². The van der Waals surface area contributed by atoms with Crippen molar-refractivity contribution in [3.8, 4) is 0 Å². The molecule has 2 rings (SSSR count). The molecule has 2 aliphatic rings. The topological polar surface area (TPSA) is 0 Å². The van der Waals surface area contributed by atoms with E-state index in [1.165, 1.54) is 19.3 Å². The summed E-state index contributed by atoms with van der Waals surface area (Å²) in [4.78, 5) is 0. The Morgan fingerprint density at radius 2 is 2.33 bits per heavy atom. The van der Waals surface area contributed by atoms with Gasteiger partial charge in [-0.1, -0.05) is 19.1 Å². The van der Waals surface area contributed by atoms with Crippen molar-refractivity contribution in [3.05, 3.63) is 12.2 Å². The monoisotopic (exact) mass is 122 g/mol. The van der Waals surface area contributed by atoms with Gasteiger partial charge >= 0.3 is 0 Å². The molecule has 0 unspecified atom stereocenters. The van der Waals surface area contributed by atoms with Gasteiger partial charge in [0.25, 0.3) is 0 Å². The van der Waals surface area contributed by atoms with Gasteiger partial charge in [-0.3, -0.25) is 0 Å². The molecule has 1 fully saturated rings. The zero-order valence-corrected chi connectivity index (χ0v) is 6.01. The fourth-order valence-electron chi connectivity index (χ4n) is 2.28. The first kappa shape index (κ1) is 5.52. The predicted octanol–water partition coefficient (Wildman–Crippen LogP) is 2.61. The van der Waals surface area contributed by atoms with Crippen LogP contribution in [0.2, 0.25) is 0 Å². The van der Waals surface area contributed by atoms with E-state index in [-0.39, 0.29) is 0 Å². The van der Waals surface area contributed by atoms with E-state index in [0.29, 0.717) is 0 Å². The van der Waals surface area contributed by atoms with Gasteiger partial charge in [0.05, 0.1) is 0 Å². The van der Waals surface area contributed by atoms with Crippen LogP contribution in [0.3, 0.4) is 0 Å². The molecule has 3 atom stereocenters. The number of hydrogen-bond donors (Lipinski definition) is 0. The first-order chi connectivity index (χ1) is 4.38. The van der Waals surface area contributed by atoms with Gasteiger partial charge in [-0.15, -0.1) is 0 Å². The molecular weight excluding hydrogens is 108 g/mol. The van der Waals surface area contributed by atoms with Crippen LogP contribution < -0.4 is 0 Å². The van der Waals surface area contributed by atoms with Crippen LogP contribution in [0.5, 0.6) is 0 Å². The molecule has 0 heteroatoms. The molecule has 0 N–H and O–H groups in total. The van der Waals surface area contributed by atoms with Gasteiger partial charge in [0.15, 0.2) is 0 Å². The average Bonchev–Trinajstić information content (AvgIpc) is 1.86. The van der Waals surface area contributed by atoms with E-state index in [4.69, 9.17) is 0 Å². The van der Waals surface area contributed by atoms with Gasteiger partial charge in [-0.05, 0) is 37.0 Å². The molecule has 50 valence electrons. The lowest BCUT2D eigenvalue weighted by atomic mass is 9.62. The summed E-state index contributed by atoms with van der Waals surface area (Å²) in [5, 5.41) is 0. The molecule has 2 aliphatic carbocycles. The zero-order chi connectivity index (χ0) is 6.27. The lowest BCUT2D eigenvalue weighted by Gasteiger charge is -2.43. The second kappa shape index (κ2) is 1.86. The number of hydrogen-bond acceptors (Lipinski definition) is 0. The molecule has 0 bridgehead atoms. The van der Waals surface area contributed by atoms with Gasteiger partial charge < -0.3 is 0 Å². The molecule has 0 saturated heterocycles. The van der Waals surface area contributed by atoms with Gasteiger partial charge in [0.2, 0.25) is 0 Å². The molecule has 1 saturated carbocycles. The third-order valence-corrected chi connectivity index (χ3v) is 2.94. The summed E-state index contributed by atoms with van der Waals surface area (Å²) < 4.78 is 0. The lowest BCUT2D eigenvalue weighted by Crippen LogP contribution is -2.34. The lowest BCUT2D eigenvalue weighted by molar-refractivity contribution is 0.114. The fraction of sp³-hybridized carbons (Fsp3) is 0.778. The van der Waals surface area contributed by atoms with E-state index >= 15 is 0 Å². The Kier molecular flexibility index (Phi) is 1.14. The second-order valence-electron chi connectivity index (χ2n) is 3.56. The van der Waals surface area contributed by atoms with Crippen LogP contribution in [0, 0.1) is 17.8 Å². The van der Waals surface area contributed by atoms with Crippen LogP contribution in [0.1, 0.15) is 26.2 Å². The van der Waals surface area contributed by atoms with Crippen molar-refractivity contribution in [1.82, 2.24) is 0 Å². The van der Waals surface area contributed by atoms with E-state index in [0.717, 1.165) is 17.8 Å². The minimum atomic E-state index is 0.971. The quantitative estimate of drug-likeness (QED) is 0.433. The molecule has 0 aliphatic heterocycles. The zero-order valence-electron chi connectivity index (χ0n) is 6.01. The third-order valence-electron chi connectivity index (χ3n) is 2.94. The first-order valence-electron chi connectivity index (χ1n) is 4.04. The van der Waals surface area contributed by atoms with E-state index in [2.05, 4.69) is 19.1 Å². The molecule has 0 spiro atoms. The third kappa shape index (κ3) is 0.726. The molecule has 9 heavy (non-hydrogen) atoms. The molecule has 0 nitrogen and oxygen atoms in total. The molecular formula is C9H14. The predicted molar refractivity (Wildman–Crippen MR) is 39.1 cm³/mol. The van der Waals surface area contributed by atoms with E-state index < -0.39 is 0 Å². The van der Waals surface area contributed by atoms with Crippen molar-refractivity contribution in [2.75, 3.05) is 0 Å². The summed E-state index contributed by atoms with van der Waals surface area (Å²) in [7, 11) is 0. The second-order valence-corrected chi connectivity index (χ2v) is 3.56. The fourth-order valence-corrected chi connectivity index (χ4v) is 2.28. The Labute approximate surface area is 57.0 Å². The molecule has 0 aromatic heterocycles. The average molecular weight is 122 g/mol. The Hall–Kier alpha value is -0.260. The van der Waals surface area contributed by atoms with Crippen LogP contribution in [0.25, 0.3) is 0 Å². The number of allylic oxidation sites excluding steroid dienone is 2. The van der Waals surface area contributed by atoms with Gasteiger partial charge in [0.1, 0.15) is 0 Å². The summed E-state index contributed by atoms with van der Waals surface area (Å²) in [6.07, 6.45) is 9.09. The summed E-state index contributed by atoms with van der Waals surface area (Å²) >= 11 is 0. The SMILES string of the molecule is C[C@@H]1C[C@@H]2CCC=C[C@@H]21. The molecule has 0 aromatic carbocycles. The summed E-state index contributed by atoms with van der Waals surface area (Å²) in [6.45, 7) is 2.37. The van der Waals surface area contributed by atoms with Gasteiger partial charge in [-0.2, -0.15) is 0 Å². The van der Waals surface area contributed by atoms with Crippen molar-refractivity contribution >= 4 is 0 Å². The maximum atomic E-state index is 2.43. The van der Waals surface area contributed by atoms with E-state index in [9.17, 15) is 0 Å². The molecule has 0 aromatic rings. The first-order valence-corrected chi connectivity index (χ1v) is 4.04. The normalized spacial score (nSPS) is 47.9. The molecule has 0 heterocycles. The highest BCUT2D eigenvalue weighted by molar-refractivity contribution is 5.04. The highest BCUT2D eigenvalue weighted by Gasteiger charge is 2.36. The van der Waals surface area contributed by atoms with Crippen molar-refractivity contribution in [1.29, 1.82) is 0 Å².